The van der Waals surface area contributed by atoms with E-state index in [1.807, 2.05) is 0 Å². The first-order chi connectivity index (χ1) is 13.9. The van der Waals surface area contributed by atoms with E-state index in [9.17, 15) is 23.5 Å². The highest BCUT2D eigenvalue weighted by Gasteiger charge is 2.45. The van der Waals surface area contributed by atoms with Crippen molar-refractivity contribution in [3.63, 3.8) is 0 Å². The van der Waals surface area contributed by atoms with Gasteiger partial charge in [0.1, 0.15) is 11.7 Å². The standard InChI is InChI=1S/C21H20F2O6/c22-21(23,20(25)26)18(14-6-2-1-3-7-14)29-19(24)15-9-11-16(12-10-15)28-17-8-4-5-13-27-17/h1-3,6-7,9-12,17-18H,4-5,8,13H2,(H,25,26)/p-1. The molecule has 8 heteroatoms. The number of halogens is 2. The van der Waals surface area contributed by atoms with Crippen LogP contribution in [0, 0.1) is 0 Å². The summed E-state index contributed by atoms with van der Waals surface area (Å²) in [7, 11) is 0. The Kier molecular flexibility index (Phi) is 6.43. The Morgan fingerprint density at radius 3 is 2.34 bits per heavy atom. The Balaban J connectivity index is 1.73. The molecule has 0 aliphatic carbocycles. The number of ether oxygens (including phenoxy) is 3. The SMILES string of the molecule is O=C(OC(c1ccccc1)C(F)(F)C(=O)[O-])c1ccc(OC2CCCCO2)cc1. The molecule has 2 atom stereocenters. The minimum atomic E-state index is -4.40. The average Bonchev–Trinajstić information content (AvgIpc) is 2.73. The largest absolute Gasteiger partial charge is 0.544 e. The summed E-state index contributed by atoms with van der Waals surface area (Å²) < 4.78 is 44.2. The summed E-state index contributed by atoms with van der Waals surface area (Å²) in [5.74, 6) is -7.68. The predicted molar refractivity (Wildman–Crippen MR) is 95.2 cm³/mol. The van der Waals surface area contributed by atoms with Crippen LogP contribution in [0.4, 0.5) is 8.78 Å². The van der Waals surface area contributed by atoms with E-state index in [2.05, 4.69) is 0 Å². The van der Waals surface area contributed by atoms with Crippen LogP contribution < -0.4 is 9.84 Å². The van der Waals surface area contributed by atoms with Gasteiger partial charge in [0.05, 0.1) is 12.2 Å². The lowest BCUT2D eigenvalue weighted by molar-refractivity contribution is -0.336. The summed E-state index contributed by atoms with van der Waals surface area (Å²) in [4.78, 5) is 23.3. The summed E-state index contributed by atoms with van der Waals surface area (Å²) in [6, 6.07) is 12.6. The zero-order chi connectivity index (χ0) is 20.9. The Hall–Kier alpha value is -3.00. The highest BCUT2D eigenvalue weighted by Crippen LogP contribution is 2.35. The van der Waals surface area contributed by atoms with Crippen LogP contribution in [0.3, 0.4) is 0 Å². The van der Waals surface area contributed by atoms with Crippen molar-refractivity contribution in [3.8, 4) is 5.75 Å². The van der Waals surface area contributed by atoms with Crippen LogP contribution in [0.15, 0.2) is 54.6 Å². The topological polar surface area (TPSA) is 84.9 Å². The molecular formula is C21H19F2O6-. The van der Waals surface area contributed by atoms with Crippen LogP contribution in [-0.4, -0.2) is 30.8 Å². The van der Waals surface area contributed by atoms with Crippen LogP contribution in [0.2, 0.25) is 0 Å². The van der Waals surface area contributed by atoms with Gasteiger partial charge < -0.3 is 24.1 Å². The van der Waals surface area contributed by atoms with Crippen LogP contribution >= 0.6 is 0 Å². The average molecular weight is 405 g/mol. The van der Waals surface area contributed by atoms with Crippen LogP contribution in [0.1, 0.15) is 41.3 Å². The third-order valence-corrected chi connectivity index (χ3v) is 4.42. The van der Waals surface area contributed by atoms with Gasteiger partial charge in [-0.1, -0.05) is 30.3 Å². The van der Waals surface area contributed by atoms with Gasteiger partial charge in [0, 0.05) is 6.42 Å². The molecule has 2 aromatic rings. The highest BCUT2D eigenvalue weighted by atomic mass is 19.3. The number of alkyl halides is 2. The minimum absolute atomic E-state index is 0.0306. The van der Waals surface area contributed by atoms with Crippen LogP contribution in [0.25, 0.3) is 0 Å². The van der Waals surface area contributed by atoms with E-state index < -0.39 is 24.0 Å². The van der Waals surface area contributed by atoms with Gasteiger partial charge in [0.25, 0.3) is 0 Å². The molecule has 1 heterocycles. The first-order valence-electron chi connectivity index (χ1n) is 9.11. The van der Waals surface area contributed by atoms with Crippen molar-refractivity contribution in [2.24, 2.45) is 0 Å². The zero-order valence-electron chi connectivity index (χ0n) is 15.4. The lowest BCUT2D eigenvalue weighted by Gasteiger charge is -2.27. The molecule has 6 nitrogen and oxygen atoms in total. The molecular weight excluding hydrogens is 386 g/mol. The molecule has 1 aliphatic rings. The van der Waals surface area contributed by atoms with Crippen molar-refractivity contribution in [3.05, 3.63) is 65.7 Å². The highest BCUT2D eigenvalue weighted by molar-refractivity contribution is 5.90. The van der Waals surface area contributed by atoms with Crippen LogP contribution in [0.5, 0.6) is 5.75 Å². The molecule has 0 bridgehead atoms. The summed E-state index contributed by atoms with van der Waals surface area (Å²) in [5.41, 5.74) is -0.193. The van der Waals surface area contributed by atoms with Gasteiger partial charge in [0.2, 0.25) is 0 Å². The molecule has 29 heavy (non-hydrogen) atoms. The third kappa shape index (κ3) is 5.08. The first kappa shape index (κ1) is 20.7. The van der Waals surface area contributed by atoms with Crippen molar-refractivity contribution in [2.45, 2.75) is 37.6 Å². The smallest absolute Gasteiger partial charge is 0.338 e. The Morgan fingerprint density at radius 1 is 1.07 bits per heavy atom. The number of hydrogen-bond donors (Lipinski definition) is 0. The lowest BCUT2D eigenvalue weighted by atomic mass is 10.0. The van der Waals surface area contributed by atoms with Crippen LogP contribution in [-0.2, 0) is 14.3 Å². The number of carboxylic acids is 1. The molecule has 0 amide bonds. The fraction of sp³-hybridized carbons (Fsp3) is 0.333. The van der Waals surface area contributed by atoms with E-state index >= 15 is 0 Å². The normalized spacial score (nSPS) is 17.9. The van der Waals surface area contributed by atoms with Crippen molar-refractivity contribution < 1.29 is 37.7 Å². The second kappa shape index (κ2) is 9.00. The number of esters is 1. The predicted octanol–water partition coefficient (Wildman–Crippen LogP) is 2.88. The van der Waals surface area contributed by atoms with E-state index in [-0.39, 0.29) is 17.4 Å². The maximum atomic E-state index is 14.1. The molecule has 2 unspecified atom stereocenters. The van der Waals surface area contributed by atoms with E-state index in [1.165, 1.54) is 48.5 Å². The van der Waals surface area contributed by atoms with E-state index in [1.54, 1.807) is 6.07 Å². The molecule has 1 saturated heterocycles. The molecule has 0 aromatic heterocycles. The molecule has 1 aliphatic heterocycles. The summed E-state index contributed by atoms with van der Waals surface area (Å²) in [6.45, 7) is 0.614. The van der Waals surface area contributed by atoms with E-state index in [4.69, 9.17) is 14.2 Å². The molecule has 0 spiro atoms. The molecule has 0 N–H and O–H groups in total. The van der Waals surface area contributed by atoms with Gasteiger partial charge in [-0.2, -0.15) is 8.78 Å². The number of aliphatic carboxylic acids is 1. The summed E-state index contributed by atoms with van der Waals surface area (Å²) in [6.07, 6.45) is 0.0196. The zero-order valence-corrected chi connectivity index (χ0v) is 15.4. The second-order valence-electron chi connectivity index (χ2n) is 6.54. The van der Waals surface area contributed by atoms with E-state index in [0.29, 0.717) is 12.4 Å². The number of carbonyl (C=O) groups is 2. The fourth-order valence-corrected chi connectivity index (χ4v) is 2.89. The van der Waals surface area contributed by atoms with Crippen molar-refractivity contribution in [2.75, 3.05) is 6.61 Å². The fourth-order valence-electron chi connectivity index (χ4n) is 2.89. The van der Waals surface area contributed by atoms with E-state index in [0.717, 1.165) is 19.3 Å². The lowest BCUT2D eigenvalue weighted by Crippen LogP contribution is -2.47. The minimum Gasteiger partial charge on any atom is -0.544 e. The number of carboxylic acid groups (broad SMARTS) is 1. The number of carbonyl (C=O) groups excluding carboxylic acids is 2. The Morgan fingerprint density at radius 2 is 1.76 bits per heavy atom. The molecule has 0 radical (unpaired) electrons. The van der Waals surface area contributed by atoms with Crippen molar-refractivity contribution in [1.82, 2.24) is 0 Å². The number of hydrogen-bond acceptors (Lipinski definition) is 6. The van der Waals surface area contributed by atoms with Crippen molar-refractivity contribution >= 4 is 11.9 Å². The number of rotatable bonds is 7. The Bertz CT molecular complexity index is 832. The summed E-state index contributed by atoms with van der Waals surface area (Å²) >= 11 is 0. The third-order valence-electron chi connectivity index (χ3n) is 4.42. The maximum absolute atomic E-state index is 14.1. The summed E-state index contributed by atoms with van der Waals surface area (Å²) in [5, 5.41) is 10.9. The monoisotopic (exact) mass is 405 g/mol. The van der Waals surface area contributed by atoms with Gasteiger partial charge in [-0.05, 0) is 42.7 Å². The molecule has 2 aromatic carbocycles. The van der Waals surface area contributed by atoms with Gasteiger partial charge in [-0.3, -0.25) is 0 Å². The van der Waals surface area contributed by atoms with Gasteiger partial charge in [-0.25, -0.2) is 4.79 Å². The quantitative estimate of drug-likeness (QED) is 0.659. The molecule has 154 valence electrons. The van der Waals surface area contributed by atoms with Crippen molar-refractivity contribution in [1.29, 1.82) is 0 Å². The first-order valence-corrected chi connectivity index (χ1v) is 9.11. The second-order valence-corrected chi connectivity index (χ2v) is 6.54. The van der Waals surface area contributed by atoms with Gasteiger partial charge in [-0.15, -0.1) is 0 Å². The number of benzene rings is 2. The molecule has 0 saturated carbocycles. The van der Waals surface area contributed by atoms with Gasteiger partial charge in [0.15, 0.2) is 12.4 Å². The molecule has 1 fully saturated rings. The molecule has 3 rings (SSSR count). The van der Waals surface area contributed by atoms with Gasteiger partial charge >= 0.3 is 11.9 Å². The Labute approximate surface area is 166 Å². The maximum Gasteiger partial charge on any atom is 0.338 e.